The predicted molar refractivity (Wildman–Crippen MR) is 67.4 cm³/mol. The van der Waals surface area contributed by atoms with E-state index >= 15 is 0 Å². The van der Waals surface area contributed by atoms with Gasteiger partial charge >= 0.3 is 0 Å². The molecule has 1 atom stereocenters. The Morgan fingerprint density at radius 3 is 2.26 bits per heavy atom. The van der Waals surface area contributed by atoms with Gasteiger partial charge < -0.3 is 9.80 Å². The molecule has 0 aromatic rings. The maximum atomic E-state index is 12.2. The monoisotopic (exact) mass is 262 g/mol. The normalized spacial score (nSPS) is 18.9. The second kappa shape index (κ2) is 5.71. The fourth-order valence-corrected chi connectivity index (χ4v) is 2.16. The number of carbonyl (C=O) groups is 2. The van der Waals surface area contributed by atoms with Crippen molar-refractivity contribution in [2.45, 2.75) is 32.7 Å². The number of carbonyl (C=O) groups excluding carboxylic acids is 2. The Balaban J connectivity index is 2.78. The van der Waals surface area contributed by atoms with Gasteiger partial charge in [-0.05, 0) is 20.8 Å². The van der Waals surface area contributed by atoms with E-state index in [0.29, 0.717) is 6.54 Å². The van der Waals surface area contributed by atoms with Crippen LogP contribution in [-0.4, -0.2) is 46.8 Å². The minimum absolute atomic E-state index is 0.0558. The highest BCUT2D eigenvalue weighted by atomic mass is 16.2. The molecule has 0 N–H and O–H groups in total. The van der Waals surface area contributed by atoms with E-state index in [1.165, 1.54) is 4.90 Å². The average molecular weight is 262 g/mol. The molecule has 1 saturated heterocycles. The zero-order valence-corrected chi connectivity index (χ0v) is 11.5. The van der Waals surface area contributed by atoms with Crippen LogP contribution in [0.15, 0.2) is 0 Å². The highest BCUT2D eigenvalue weighted by Crippen LogP contribution is 2.26. The molecule has 6 heteroatoms. The van der Waals surface area contributed by atoms with E-state index in [4.69, 9.17) is 10.5 Å². The first-order valence-electron chi connectivity index (χ1n) is 6.14. The summed E-state index contributed by atoms with van der Waals surface area (Å²) < 4.78 is 0. The summed E-state index contributed by atoms with van der Waals surface area (Å²) in [6.07, 6.45) is 0.156. The molecular formula is C13H18N4O2. The summed E-state index contributed by atoms with van der Waals surface area (Å²) >= 11 is 0. The zero-order valence-electron chi connectivity index (χ0n) is 11.5. The fraction of sp³-hybridized carbons (Fsp3) is 0.692. The third-order valence-electron chi connectivity index (χ3n) is 3.12. The van der Waals surface area contributed by atoms with E-state index in [9.17, 15) is 9.59 Å². The van der Waals surface area contributed by atoms with Crippen LogP contribution in [0.25, 0.3) is 0 Å². The SMILES string of the molecule is CC(C)(C)N1C[C@@H](C(=O)N(CC#N)CC#N)CC1=O. The summed E-state index contributed by atoms with van der Waals surface area (Å²) in [6.45, 7) is 5.87. The fourth-order valence-electron chi connectivity index (χ4n) is 2.16. The molecule has 2 amide bonds. The lowest BCUT2D eigenvalue weighted by atomic mass is 10.1. The number of rotatable bonds is 3. The largest absolute Gasteiger partial charge is 0.337 e. The average Bonchev–Trinajstić information content (AvgIpc) is 2.70. The highest BCUT2D eigenvalue weighted by Gasteiger charge is 2.40. The summed E-state index contributed by atoms with van der Waals surface area (Å²) in [4.78, 5) is 27.0. The number of nitrogens with zero attached hydrogens (tertiary/aromatic N) is 4. The Hall–Kier alpha value is -2.08. The van der Waals surface area contributed by atoms with Gasteiger partial charge in [-0.1, -0.05) is 0 Å². The van der Waals surface area contributed by atoms with Crippen molar-refractivity contribution in [3.05, 3.63) is 0 Å². The molecule has 0 aromatic heterocycles. The smallest absolute Gasteiger partial charge is 0.229 e. The van der Waals surface area contributed by atoms with Crippen molar-refractivity contribution in [3.8, 4) is 12.1 Å². The molecule has 1 rings (SSSR count). The molecule has 0 unspecified atom stereocenters. The Morgan fingerprint density at radius 2 is 1.89 bits per heavy atom. The number of nitriles is 2. The Morgan fingerprint density at radius 1 is 1.37 bits per heavy atom. The van der Waals surface area contributed by atoms with Gasteiger partial charge in [-0.3, -0.25) is 9.59 Å². The van der Waals surface area contributed by atoms with Crippen LogP contribution in [0, 0.1) is 28.6 Å². The molecule has 0 spiro atoms. The van der Waals surface area contributed by atoms with E-state index in [1.807, 2.05) is 32.9 Å². The standard InChI is InChI=1S/C13H18N4O2/c1-13(2,3)17-9-10(8-11(17)18)12(19)16(6-4-14)7-5-15/h10H,6-9H2,1-3H3/t10-/m0/s1. The van der Waals surface area contributed by atoms with E-state index in [0.717, 1.165) is 0 Å². The summed E-state index contributed by atoms with van der Waals surface area (Å²) in [7, 11) is 0. The van der Waals surface area contributed by atoms with Gasteiger partial charge in [0, 0.05) is 18.5 Å². The molecule has 1 aliphatic rings. The van der Waals surface area contributed by atoms with Gasteiger partial charge in [0.1, 0.15) is 13.1 Å². The lowest BCUT2D eigenvalue weighted by Crippen LogP contribution is -2.43. The van der Waals surface area contributed by atoms with Crippen molar-refractivity contribution in [1.29, 1.82) is 10.5 Å². The molecule has 6 nitrogen and oxygen atoms in total. The van der Waals surface area contributed by atoms with Crippen LogP contribution in [0.3, 0.4) is 0 Å². The minimum Gasteiger partial charge on any atom is -0.337 e. The Labute approximate surface area is 113 Å². The molecule has 1 fully saturated rings. The van der Waals surface area contributed by atoms with Crippen LogP contribution >= 0.6 is 0 Å². The molecule has 0 aliphatic carbocycles. The highest BCUT2D eigenvalue weighted by molar-refractivity contribution is 5.89. The Bertz CT molecular complexity index is 437. The molecule has 0 aromatic carbocycles. The van der Waals surface area contributed by atoms with Crippen molar-refractivity contribution in [2.75, 3.05) is 19.6 Å². The second-order valence-electron chi connectivity index (χ2n) is 5.59. The van der Waals surface area contributed by atoms with Crippen molar-refractivity contribution in [1.82, 2.24) is 9.80 Å². The van der Waals surface area contributed by atoms with Gasteiger partial charge in [0.05, 0.1) is 18.1 Å². The number of likely N-dealkylation sites (tertiary alicyclic amines) is 1. The van der Waals surface area contributed by atoms with Gasteiger partial charge in [0.25, 0.3) is 0 Å². The van der Waals surface area contributed by atoms with Crippen molar-refractivity contribution in [3.63, 3.8) is 0 Å². The van der Waals surface area contributed by atoms with E-state index in [-0.39, 0.29) is 36.9 Å². The molecule has 0 saturated carbocycles. The van der Waals surface area contributed by atoms with E-state index < -0.39 is 5.92 Å². The number of hydrogen-bond acceptors (Lipinski definition) is 4. The summed E-state index contributed by atoms with van der Waals surface area (Å²) in [5.41, 5.74) is -0.318. The van der Waals surface area contributed by atoms with Crippen LogP contribution in [0.4, 0.5) is 0 Å². The molecule has 0 bridgehead atoms. The number of amides is 2. The zero-order chi connectivity index (χ0) is 14.6. The first kappa shape index (κ1) is 15.0. The third kappa shape index (κ3) is 3.45. The molecule has 1 aliphatic heterocycles. The van der Waals surface area contributed by atoms with Crippen LogP contribution in [0.5, 0.6) is 0 Å². The van der Waals surface area contributed by atoms with Gasteiger partial charge in [-0.15, -0.1) is 0 Å². The number of hydrogen-bond donors (Lipinski definition) is 0. The predicted octanol–water partition coefficient (Wildman–Crippen LogP) is 0.509. The van der Waals surface area contributed by atoms with E-state index in [1.54, 1.807) is 4.90 Å². The second-order valence-corrected chi connectivity index (χ2v) is 5.59. The molecule has 19 heavy (non-hydrogen) atoms. The lowest BCUT2D eigenvalue weighted by Gasteiger charge is -2.32. The summed E-state index contributed by atoms with van der Waals surface area (Å²) in [5, 5.41) is 17.3. The van der Waals surface area contributed by atoms with Gasteiger partial charge in [0.15, 0.2) is 0 Å². The van der Waals surface area contributed by atoms with Crippen LogP contribution in [0.1, 0.15) is 27.2 Å². The van der Waals surface area contributed by atoms with Crippen LogP contribution in [0.2, 0.25) is 0 Å². The summed E-state index contributed by atoms with van der Waals surface area (Å²) in [5.74, 6) is -0.795. The maximum Gasteiger partial charge on any atom is 0.229 e. The molecule has 0 radical (unpaired) electrons. The van der Waals surface area contributed by atoms with Crippen LogP contribution < -0.4 is 0 Å². The van der Waals surface area contributed by atoms with Gasteiger partial charge in [-0.25, -0.2) is 0 Å². The third-order valence-corrected chi connectivity index (χ3v) is 3.12. The topological polar surface area (TPSA) is 88.2 Å². The first-order chi connectivity index (χ1) is 8.81. The van der Waals surface area contributed by atoms with Crippen molar-refractivity contribution in [2.24, 2.45) is 5.92 Å². The molecule has 102 valence electrons. The van der Waals surface area contributed by atoms with Crippen molar-refractivity contribution < 1.29 is 9.59 Å². The van der Waals surface area contributed by atoms with Gasteiger partial charge in [0.2, 0.25) is 11.8 Å². The van der Waals surface area contributed by atoms with E-state index in [2.05, 4.69) is 0 Å². The van der Waals surface area contributed by atoms with Crippen LogP contribution in [-0.2, 0) is 9.59 Å². The maximum absolute atomic E-state index is 12.2. The first-order valence-corrected chi connectivity index (χ1v) is 6.14. The quantitative estimate of drug-likeness (QED) is 0.693. The van der Waals surface area contributed by atoms with Crippen molar-refractivity contribution >= 4 is 11.8 Å². The Kier molecular flexibility index (Phi) is 4.50. The molecular weight excluding hydrogens is 244 g/mol. The lowest BCUT2D eigenvalue weighted by molar-refractivity contribution is -0.134. The summed E-state index contributed by atoms with van der Waals surface area (Å²) in [6, 6.07) is 3.73. The van der Waals surface area contributed by atoms with Gasteiger partial charge in [-0.2, -0.15) is 10.5 Å². The minimum atomic E-state index is -0.451. The molecule has 1 heterocycles.